The average molecular weight is 611 g/mol. The number of nitrogens with zero attached hydrogens (tertiary/aromatic N) is 3. The molecular weight excluding hydrogens is 560 g/mol. The second kappa shape index (κ2) is 15.3. The van der Waals surface area contributed by atoms with E-state index in [9.17, 15) is 19.7 Å². The van der Waals surface area contributed by atoms with Gasteiger partial charge in [0.15, 0.2) is 0 Å². The highest BCUT2D eigenvalue weighted by atomic mass is 16.6. The summed E-state index contributed by atoms with van der Waals surface area (Å²) in [7, 11) is 0. The first kappa shape index (κ1) is 34.7. The van der Waals surface area contributed by atoms with Crippen molar-refractivity contribution in [2.75, 3.05) is 31.9 Å². The number of anilines is 1. The molecule has 0 spiro atoms. The second-order valence-corrected chi connectivity index (χ2v) is 13.9. The van der Waals surface area contributed by atoms with Crippen LogP contribution < -0.4 is 5.73 Å². The molecule has 10 heteroatoms. The van der Waals surface area contributed by atoms with Crippen LogP contribution in [0.3, 0.4) is 0 Å². The quantitative estimate of drug-likeness (QED) is 0.215. The Hall–Kier alpha value is -3.82. The van der Waals surface area contributed by atoms with Crippen LogP contribution >= 0.6 is 0 Å². The molecule has 0 bridgehead atoms. The Balaban J connectivity index is 0.000000241. The van der Waals surface area contributed by atoms with Crippen molar-refractivity contribution in [1.29, 1.82) is 0 Å². The number of nitrogens with two attached hydrogens (primary N) is 1. The fraction of sp³-hybridized carbons (Fsp3) is 0.588. The number of carbonyl (C=O) groups excluding carboxylic acids is 2. The molecule has 0 radical (unpaired) electrons. The molecular formula is C34H50N4O6. The molecule has 10 nitrogen and oxygen atoms in total. The van der Waals surface area contributed by atoms with Crippen molar-refractivity contribution < 1.29 is 24.0 Å². The molecule has 2 heterocycles. The Kier molecular flexibility index (Phi) is 12.0. The van der Waals surface area contributed by atoms with Crippen LogP contribution in [0.2, 0.25) is 0 Å². The fourth-order valence-corrected chi connectivity index (χ4v) is 5.65. The van der Waals surface area contributed by atoms with E-state index in [1.165, 1.54) is 11.6 Å². The first-order valence-corrected chi connectivity index (χ1v) is 15.6. The number of ether oxygens (including phenoxy) is 2. The fourth-order valence-electron chi connectivity index (χ4n) is 5.65. The summed E-state index contributed by atoms with van der Waals surface area (Å²) in [5, 5.41) is 11.1. The number of nitro groups is 1. The zero-order valence-corrected chi connectivity index (χ0v) is 27.2. The van der Waals surface area contributed by atoms with Gasteiger partial charge in [-0.05, 0) is 104 Å². The van der Waals surface area contributed by atoms with Crippen LogP contribution in [0.5, 0.6) is 0 Å². The molecule has 2 aliphatic heterocycles. The van der Waals surface area contributed by atoms with Crippen molar-refractivity contribution in [3.63, 3.8) is 0 Å². The van der Waals surface area contributed by atoms with E-state index in [1.54, 1.807) is 17.0 Å². The maximum absolute atomic E-state index is 12.2. The minimum Gasteiger partial charge on any atom is -0.444 e. The van der Waals surface area contributed by atoms with Crippen molar-refractivity contribution in [2.24, 2.45) is 11.8 Å². The van der Waals surface area contributed by atoms with Gasteiger partial charge in [-0.2, -0.15) is 0 Å². The number of hydrogen-bond acceptors (Lipinski definition) is 7. The standard InChI is InChI=1S/C17H24N2O4.C17H26N2O2/c1-17(2,3)23-16(20)18-10-6-7-13(12-18)11-14-8-4-5-9-15(14)19(21)22;1-17(2,3)21-16(20)19-10-6-7-13(12-19)11-14-8-4-5-9-15(14)18/h4-5,8-9,13H,6-7,10-12H2,1-3H3;4-5,8-9,13H,6-7,10-12,18H2,1-3H3/t2*13-/m00/s1. The van der Waals surface area contributed by atoms with Crippen molar-refractivity contribution in [3.05, 3.63) is 69.8 Å². The summed E-state index contributed by atoms with van der Waals surface area (Å²) in [6, 6.07) is 14.8. The minimum atomic E-state index is -0.512. The van der Waals surface area contributed by atoms with Crippen LogP contribution in [-0.2, 0) is 22.3 Å². The molecule has 2 saturated heterocycles. The molecule has 2 aliphatic rings. The van der Waals surface area contributed by atoms with Crippen molar-refractivity contribution >= 4 is 23.6 Å². The normalized spacial score (nSPS) is 19.0. The highest BCUT2D eigenvalue weighted by Crippen LogP contribution is 2.27. The van der Waals surface area contributed by atoms with Gasteiger partial charge in [0.2, 0.25) is 0 Å². The molecule has 2 aromatic carbocycles. The first-order valence-electron chi connectivity index (χ1n) is 15.6. The van der Waals surface area contributed by atoms with Crippen molar-refractivity contribution in [2.45, 2.75) is 91.3 Å². The Morgan fingerprint density at radius 2 is 1.23 bits per heavy atom. The van der Waals surface area contributed by atoms with Gasteiger partial charge in [-0.1, -0.05) is 36.4 Å². The van der Waals surface area contributed by atoms with Crippen molar-refractivity contribution in [3.8, 4) is 0 Å². The maximum atomic E-state index is 12.2. The lowest BCUT2D eigenvalue weighted by Gasteiger charge is -2.34. The third-order valence-corrected chi connectivity index (χ3v) is 7.60. The predicted molar refractivity (Wildman–Crippen MR) is 172 cm³/mol. The summed E-state index contributed by atoms with van der Waals surface area (Å²) in [5.41, 5.74) is 7.96. The Labute approximate surface area is 262 Å². The van der Waals surface area contributed by atoms with E-state index < -0.39 is 11.2 Å². The van der Waals surface area contributed by atoms with Gasteiger partial charge in [0.1, 0.15) is 11.2 Å². The van der Waals surface area contributed by atoms with E-state index in [0.29, 0.717) is 25.4 Å². The van der Waals surface area contributed by atoms with Gasteiger partial charge >= 0.3 is 12.2 Å². The number of para-hydroxylation sites is 2. The number of rotatable bonds is 5. The van der Waals surface area contributed by atoms with Crippen LogP contribution in [0.15, 0.2) is 48.5 Å². The summed E-state index contributed by atoms with van der Waals surface area (Å²) in [5.74, 6) is 0.674. The van der Waals surface area contributed by atoms with E-state index in [4.69, 9.17) is 15.2 Å². The molecule has 2 fully saturated rings. The van der Waals surface area contributed by atoms with E-state index in [2.05, 4.69) is 6.07 Å². The molecule has 2 amide bonds. The van der Waals surface area contributed by atoms with Crippen molar-refractivity contribution in [1.82, 2.24) is 9.80 Å². The number of nitro benzene ring substituents is 1. The zero-order valence-electron chi connectivity index (χ0n) is 27.2. The van der Waals surface area contributed by atoms with Gasteiger partial charge in [-0.25, -0.2) is 9.59 Å². The Bertz CT molecular complexity index is 1270. The molecule has 2 aromatic rings. The molecule has 0 aliphatic carbocycles. The van der Waals surface area contributed by atoms with Gasteiger partial charge in [0.05, 0.1) is 4.92 Å². The summed E-state index contributed by atoms with van der Waals surface area (Å²) < 4.78 is 10.9. The van der Waals surface area contributed by atoms with Crippen LogP contribution in [-0.4, -0.2) is 64.3 Å². The highest BCUT2D eigenvalue weighted by Gasteiger charge is 2.30. The molecule has 2 atom stereocenters. The van der Waals surface area contributed by atoms with E-state index in [-0.39, 0.29) is 28.7 Å². The van der Waals surface area contributed by atoms with E-state index in [1.807, 2.05) is 70.7 Å². The summed E-state index contributed by atoms with van der Waals surface area (Å²) in [6.45, 7) is 14.0. The number of benzene rings is 2. The van der Waals surface area contributed by atoms with Gasteiger partial charge in [-0.15, -0.1) is 0 Å². The second-order valence-electron chi connectivity index (χ2n) is 13.9. The minimum absolute atomic E-state index is 0.155. The lowest BCUT2D eigenvalue weighted by molar-refractivity contribution is -0.385. The van der Waals surface area contributed by atoms with Gasteiger partial charge in [-0.3, -0.25) is 10.1 Å². The summed E-state index contributed by atoms with van der Waals surface area (Å²) >= 11 is 0. The number of hydrogen-bond donors (Lipinski definition) is 1. The third-order valence-electron chi connectivity index (χ3n) is 7.60. The lowest BCUT2D eigenvalue weighted by Crippen LogP contribution is -2.43. The lowest BCUT2D eigenvalue weighted by atomic mass is 9.91. The predicted octanol–water partition coefficient (Wildman–Crippen LogP) is 7.24. The molecule has 2 N–H and O–H groups in total. The topological polar surface area (TPSA) is 128 Å². The monoisotopic (exact) mass is 610 g/mol. The number of nitrogen functional groups attached to an aromatic ring is 1. The van der Waals surface area contributed by atoms with Gasteiger partial charge < -0.3 is 25.0 Å². The molecule has 0 aromatic heterocycles. The molecule has 4 rings (SSSR count). The zero-order chi connectivity index (χ0) is 32.5. The molecule has 0 saturated carbocycles. The largest absolute Gasteiger partial charge is 0.444 e. The summed E-state index contributed by atoms with van der Waals surface area (Å²) in [4.78, 5) is 38.7. The average Bonchev–Trinajstić information content (AvgIpc) is 2.93. The van der Waals surface area contributed by atoms with Crippen LogP contribution in [0, 0.1) is 22.0 Å². The van der Waals surface area contributed by atoms with Gasteiger partial charge in [0, 0.05) is 43.5 Å². The maximum Gasteiger partial charge on any atom is 0.410 e. The highest BCUT2D eigenvalue weighted by molar-refractivity contribution is 5.68. The van der Waals surface area contributed by atoms with E-state index in [0.717, 1.165) is 56.4 Å². The third kappa shape index (κ3) is 11.4. The van der Waals surface area contributed by atoms with Crippen LogP contribution in [0.4, 0.5) is 21.0 Å². The number of piperidine rings is 2. The van der Waals surface area contributed by atoms with Crippen LogP contribution in [0.1, 0.15) is 78.4 Å². The first-order chi connectivity index (χ1) is 20.6. The number of likely N-dealkylation sites (tertiary alicyclic amines) is 2. The SMILES string of the molecule is CC(C)(C)OC(=O)N1CCC[C@@H](Cc2ccccc2N)C1.CC(C)(C)OC(=O)N1CCC[C@@H](Cc2ccccc2[N+](=O)[O-])C1. The molecule has 0 unspecified atom stereocenters. The van der Waals surface area contributed by atoms with Gasteiger partial charge in [0.25, 0.3) is 5.69 Å². The Morgan fingerprint density at radius 3 is 1.68 bits per heavy atom. The molecule has 44 heavy (non-hydrogen) atoms. The summed E-state index contributed by atoms with van der Waals surface area (Å²) in [6.07, 6.45) is 5.04. The van der Waals surface area contributed by atoms with E-state index >= 15 is 0 Å². The Morgan fingerprint density at radius 1 is 0.795 bits per heavy atom. The molecule has 242 valence electrons. The number of carbonyl (C=O) groups is 2. The number of amides is 2. The smallest absolute Gasteiger partial charge is 0.410 e. The van der Waals surface area contributed by atoms with Crippen LogP contribution in [0.25, 0.3) is 0 Å².